The predicted octanol–water partition coefficient (Wildman–Crippen LogP) is 2.86. The van der Waals surface area contributed by atoms with Crippen LogP contribution in [0.2, 0.25) is 0 Å². The van der Waals surface area contributed by atoms with Gasteiger partial charge in [-0.2, -0.15) is 5.10 Å². The Labute approximate surface area is 129 Å². The Bertz CT molecular complexity index is 634. The molecule has 0 atom stereocenters. The van der Waals surface area contributed by atoms with Crippen molar-refractivity contribution >= 4 is 12.1 Å². The van der Waals surface area contributed by atoms with Crippen LogP contribution in [0.15, 0.2) is 53.6 Å². The summed E-state index contributed by atoms with van der Waals surface area (Å²) in [6.45, 7) is 2.51. The molecule has 0 fully saturated rings. The summed E-state index contributed by atoms with van der Waals surface area (Å²) in [4.78, 5) is 11.9. The number of methoxy groups -OCH3 is 1. The summed E-state index contributed by atoms with van der Waals surface area (Å²) in [5.41, 5.74) is 3.88. The van der Waals surface area contributed by atoms with Crippen LogP contribution in [0.3, 0.4) is 0 Å². The van der Waals surface area contributed by atoms with Gasteiger partial charge in [-0.15, -0.1) is 0 Å². The van der Waals surface area contributed by atoms with Crippen LogP contribution in [-0.4, -0.2) is 25.8 Å². The van der Waals surface area contributed by atoms with Crippen molar-refractivity contribution in [2.24, 2.45) is 5.10 Å². The Balaban J connectivity index is 1.92. The highest BCUT2D eigenvalue weighted by Gasteiger charge is 2.03. The number of nitrogens with zero attached hydrogens (tertiary/aromatic N) is 1. The molecule has 0 saturated carbocycles. The van der Waals surface area contributed by atoms with E-state index < -0.39 is 0 Å². The Morgan fingerprint density at radius 2 is 1.73 bits per heavy atom. The quantitative estimate of drug-likeness (QED) is 0.659. The van der Waals surface area contributed by atoms with Gasteiger partial charge in [-0.3, -0.25) is 4.79 Å². The van der Waals surface area contributed by atoms with Crippen LogP contribution in [0.4, 0.5) is 0 Å². The molecule has 2 aromatic carbocycles. The van der Waals surface area contributed by atoms with E-state index in [-0.39, 0.29) is 5.91 Å². The van der Waals surface area contributed by atoms with Gasteiger partial charge in [0.25, 0.3) is 5.91 Å². The maximum atomic E-state index is 11.9. The Hall–Kier alpha value is -2.82. The van der Waals surface area contributed by atoms with Gasteiger partial charge in [0.2, 0.25) is 0 Å². The minimum atomic E-state index is -0.271. The Kier molecular flexibility index (Phi) is 5.54. The second kappa shape index (κ2) is 7.83. The first-order valence-corrected chi connectivity index (χ1v) is 6.93. The van der Waals surface area contributed by atoms with Crippen molar-refractivity contribution in [3.05, 3.63) is 59.7 Å². The lowest BCUT2D eigenvalue weighted by molar-refractivity contribution is 0.0955. The lowest BCUT2D eigenvalue weighted by Crippen LogP contribution is -2.17. The van der Waals surface area contributed by atoms with Gasteiger partial charge in [-0.05, 0) is 61.0 Å². The second-order valence-electron chi connectivity index (χ2n) is 4.43. The summed E-state index contributed by atoms with van der Waals surface area (Å²) in [5, 5.41) is 3.94. The number of hydrogen-bond acceptors (Lipinski definition) is 4. The van der Waals surface area contributed by atoms with E-state index >= 15 is 0 Å². The average molecular weight is 298 g/mol. The molecule has 0 radical (unpaired) electrons. The van der Waals surface area contributed by atoms with Crippen molar-refractivity contribution in [2.75, 3.05) is 13.7 Å². The van der Waals surface area contributed by atoms with Crippen molar-refractivity contribution in [1.82, 2.24) is 5.43 Å². The van der Waals surface area contributed by atoms with Crippen molar-refractivity contribution in [1.29, 1.82) is 0 Å². The summed E-state index contributed by atoms with van der Waals surface area (Å²) in [5.74, 6) is 1.24. The monoisotopic (exact) mass is 298 g/mol. The number of benzene rings is 2. The third-order valence-corrected chi connectivity index (χ3v) is 2.92. The molecule has 5 nitrogen and oxygen atoms in total. The van der Waals surface area contributed by atoms with Crippen LogP contribution < -0.4 is 14.9 Å². The minimum absolute atomic E-state index is 0.271. The maximum Gasteiger partial charge on any atom is 0.271 e. The molecule has 114 valence electrons. The number of amides is 1. The first-order valence-electron chi connectivity index (χ1n) is 6.93. The van der Waals surface area contributed by atoms with Crippen LogP contribution in [-0.2, 0) is 0 Å². The van der Waals surface area contributed by atoms with Crippen LogP contribution in [0.1, 0.15) is 22.8 Å². The molecule has 1 amide bonds. The van der Waals surface area contributed by atoms with Gasteiger partial charge in [0.05, 0.1) is 19.9 Å². The number of carbonyl (C=O) groups excluding carboxylic acids is 1. The van der Waals surface area contributed by atoms with Gasteiger partial charge < -0.3 is 9.47 Å². The van der Waals surface area contributed by atoms with Crippen molar-refractivity contribution in [3.63, 3.8) is 0 Å². The fourth-order valence-corrected chi connectivity index (χ4v) is 1.79. The molecule has 1 N–H and O–H groups in total. The van der Waals surface area contributed by atoms with Crippen molar-refractivity contribution in [3.8, 4) is 11.5 Å². The number of ether oxygens (including phenoxy) is 2. The summed E-state index contributed by atoms with van der Waals surface area (Å²) < 4.78 is 10.4. The van der Waals surface area contributed by atoms with Crippen LogP contribution >= 0.6 is 0 Å². The number of nitrogens with one attached hydrogen (secondary N) is 1. The standard InChI is InChI=1S/C17H18N2O3/c1-3-22-16-10-6-14(7-11-16)17(20)19-18-12-13-4-8-15(21-2)9-5-13/h4-12H,3H2,1-2H3,(H,19,20)/b18-12+. The molecule has 0 spiro atoms. The third kappa shape index (κ3) is 4.34. The zero-order valence-corrected chi connectivity index (χ0v) is 12.6. The molecule has 5 heteroatoms. The first kappa shape index (κ1) is 15.6. The fourth-order valence-electron chi connectivity index (χ4n) is 1.79. The lowest BCUT2D eigenvalue weighted by Gasteiger charge is -2.04. The molecule has 0 aliphatic heterocycles. The van der Waals surface area contributed by atoms with Gasteiger partial charge in [0, 0.05) is 5.56 Å². The van der Waals surface area contributed by atoms with Crippen LogP contribution in [0.5, 0.6) is 11.5 Å². The van der Waals surface area contributed by atoms with E-state index in [0.717, 1.165) is 17.1 Å². The number of hydrazone groups is 1. The van der Waals surface area contributed by atoms with Crippen molar-refractivity contribution < 1.29 is 14.3 Å². The number of carbonyl (C=O) groups is 1. The van der Waals surface area contributed by atoms with Gasteiger partial charge in [-0.1, -0.05) is 0 Å². The van der Waals surface area contributed by atoms with Gasteiger partial charge in [0.1, 0.15) is 11.5 Å². The van der Waals surface area contributed by atoms with E-state index in [2.05, 4.69) is 10.5 Å². The molecule has 0 heterocycles. The summed E-state index contributed by atoms with van der Waals surface area (Å²) in [6.07, 6.45) is 1.58. The zero-order chi connectivity index (χ0) is 15.8. The van der Waals surface area contributed by atoms with E-state index in [4.69, 9.17) is 9.47 Å². The average Bonchev–Trinajstić information content (AvgIpc) is 2.56. The number of hydrogen-bond donors (Lipinski definition) is 1. The lowest BCUT2D eigenvalue weighted by atomic mass is 10.2. The normalized spacial score (nSPS) is 10.5. The van der Waals surface area contributed by atoms with Crippen LogP contribution in [0, 0.1) is 0 Å². The highest BCUT2D eigenvalue weighted by atomic mass is 16.5. The number of rotatable bonds is 6. The highest BCUT2D eigenvalue weighted by Crippen LogP contribution is 2.12. The zero-order valence-electron chi connectivity index (χ0n) is 12.6. The molecule has 2 rings (SSSR count). The topological polar surface area (TPSA) is 59.9 Å². The largest absolute Gasteiger partial charge is 0.497 e. The second-order valence-corrected chi connectivity index (χ2v) is 4.43. The molecule has 0 bridgehead atoms. The smallest absolute Gasteiger partial charge is 0.271 e. The molecular formula is C17H18N2O3. The molecule has 22 heavy (non-hydrogen) atoms. The van der Waals surface area contributed by atoms with Crippen LogP contribution in [0.25, 0.3) is 0 Å². The van der Waals surface area contributed by atoms with E-state index in [1.165, 1.54) is 0 Å². The van der Waals surface area contributed by atoms with Gasteiger partial charge in [-0.25, -0.2) is 5.43 Å². The van der Waals surface area contributed by atoms with E-state index in [0.29, 0.717) is 12.2 Å². The van der Waals surface area contributed by atoms with Gasteiger partial charge >= 0.3 is 0 Å². The molecule has 2 aromatic rings. The Morgan fingerprint density at radius 1 is 1.09 bits per heavy atom. The van der Waals surface area contributed by atoms with E-state index in [1.54, 1.807) is 37.6 Å². The minimum Gasteiger partial charge on any atom is -0.497 e. The summed E-state index contributed by atoms with van der Waals surface area (Å²) in [6, 6.07) is 14.3. The predicted molar refractivity (Wildman–Crippen MR) is 85.7 cm³/mol. The van der Waals surface area contributed by atoms with E-state index in [1.807, 2.05) is 31.2 Å². The maximum absolute atomic E-state index is 11.9. The Morgan fingerprint density at radius 3 is 2.32 bits per heavy atom. The molecule has 0 aliphatic rings. The highest BCUT2D eigenvalue weighted by molar-refractivity contribution is 5.95. The third-order valence-electron chi connectivity index (χ3n) is 2.92. The summed E-state index contributed by atoms with van der Waals surface area (Å²) in [7, 11) is 1.61. The summed E-state index contributed by atoms with van der Waals surface area (Å²) >= 11 is 0. The molecular weight excluding hydrogens is 280 g/mol. The fraction of sp³-hybridized carbons (Fsp3) is 0.176. The van der Waals surface area contributed by atoms with E-state index in [9.17, 15) is 4.79 Å². The molecule has 0 aromatic heterocycles. The SMILES string of the molecule is CCOc1ccc(C(=O)N/N=C/c2ccc(OC)cc2)cc1. The first-order chi connectivity index (χ1) is 10.7. The molecule has 0 saturated heterocycles. The van der Waals surface area contributed by atoms with Crippen molar-refractivity contribution in [2.45, 2.75) is 6.92 Å². The molecule has 0 unspecified atom stereocenters. The molecule has 0 aliphatic carbocycles. The van der Waals surface area contributed by atoms with Gasteiger partial charge in [0.15, 0.2) is 0 Å².